The lowest BCUT2D eigenvalue weighted by Crippen LogP contribution is -2.30. The fourth-order valence-corrected chi connectivity index (χ4v) is 3.07. The van der Waals surface area contributed by atoms with Gasteiger partial charge in [0.05, 0.1) is 6.54 Å². The van der Waals surface area contributed by atoms with Crippen molar-refractivity contribution in [3.63, 3.8) is 0 Å². The number of ether oxygens (including phenoxy) is 1. The van der Waals surface area contributed by atoms with Crippen LogP contribution in [0.25, 0.3) is 0 Å². The maximum absolute atomic E-state index is 12.4. The average molecular weight is 441 g/mol. The van der Waals surface area contributed by atoms with Crippen LogP contribution in [0.2, 0.25) is 0 Å². The fraction of sp³-hybridized carbons (Fsp3) is 0.375. The third-order valence-electron chi connectivity index (χ3n) is 4.85. The molecular weight excluding hydrogens is 408 g/mol. The third kappa shape index (κ3) is 7.70. The van der Waals surface area contributed by atoms with E-state index in [-0.39, 0.29) is 24.3 Å². The van der Waals surface area contributed by atoms with Gasteiger partial charge in [0.15, 0.2) is 0 Å². The Kier molecular flexibility index (Phi) is 10.2. The van der Waals surface area contributed by atoms with Crippen molar-refractivity contribution in [3.05, 3.63) is 59.7 Å². The first kappa shape index (κ1) is 24.9. The van der Waals surface area contributed by atoms with Crippen LogP contribution in [0.1, 0.15) is 41.0 Å². The smallest absolute Gasteiger partial charge is 0.253 e. The van der Waals surface area contributed by atoms with E-state index in [2.05, 4.69) is 16.0 Å². The Morgan fingerprint density at radius 3 is 2.31 bits per heavy atom. The SMILES string of the molecule is CCN(CC)C(=O)c1ccc(NC(=O)CNc2cccc(C(=O)NCCCOC)c2)cc1. The molecule has 0 fully saturated rings. The summed E-state index contributed by atoms with van der Waals surface area (Å²) in [6.07, 6.45) is 0.741. The molecule has 2 aromatic rings. The number of rotatable bonds is 12. The van der Waals surface area contributed by atoms with Gasteiger partial charge in [0, 0.05) is 55.9 Å². The van der Waals surface area contributed by atoms with Crippen LogP contribution in [-0.4, -0.2) is 62.5 Å². The standard InChI is InChI=1S/C24H32N4O4/c1-4-28(5-2)24(31)18-10-12-20(13-11-18)27-22(29)17-26-21-9-6-8-19(16-21)23(30)25-14-7-15-32-3/h6,8-13,16,26H,4-5,7,14-15,17H2,1-3H3,(H,25,30)(H,27,29). The zero-order valence-electron chi connectivity index (χ0n) is 18.9. The molecule has 3 amide bonds. The number of carbonyl (C=O) groups excluding carboxylic acids is 3. The molecule has 0 aliphatic carbocycles. The van der Waals surface area contributed by atoms with Gasteiger partial charge >= 0.3 is 0 Å². The lowest BCUT2D eigenvalue weighted by Gasteiger charge is -2.18. The van der Waals surface area contributed by atoms with Gasteiger partial charge in [0.25, 0.3) is 11.8 Å². The van der Waals surface area contributed by atoms with Crippen LogP contribution >= 0.6 is 0 Å². The molecule has 2 aromatic carbocycles. The number of amides is 3. The third-order valence-corrected chi connectivity index (χ3v) is 4.85. The zero-order valence-corrected chi connectivity index (χ0v) is 18.9. The summed E-state index contributed by atoms with van der Waals surface area (Å²) >= 11 is 0. The first-order chi connectivity index (χ1) is 15.5. The number of carbonyl (C=O) groups is 3. The van der Waals surface area contributed by atoms with E-state index in [0.29, 0.717) is 48.7 Å². The van der Waals surface area contributed by atoms with Crippen LogP contribution in [0.3, 0.4) is 0 Å². The summed E-state index contributed by atoms with van der Waals surface area (Å²) in [5.74, 6) is -0.437. The molecule has 0 bridgehead atoms. The molecule has 172 valence electrons. The largest absolute Gasteiger partial charge is 0.385 e. The van der Waals surface area contributed by atoms with E-state index in [0.717, 1.165) is 6.42 Å². The van der Waals surface area contributed by atoms with Gasteiger partial charge in [-0.2, -0.15) is 0 Å². The van der Waals surface area contributed by atoms with E-state index < -0.39 is 0 Å². The first-order valence-electron chi connectivity index (χ1n) is 10.8. The van der Waals surface area contributed by atoms with Crippen LogP contribution in [0.15, 0.2) is 48.5 Å². The van der Waals surface area contributed by atoms with Crippen molar-refractivity contribution in [2.45, 2.75) is 20.3 Å². The Bertz CT molecular complexity index is 895. The van der Waals surface area contributed by atoms with Crippen LogP contribution in [0.5, 0.6) is 0 Å². The molecule has 0 radical (unpaired) electrons. The summed E-state index contributed by atoms with van der Waals surface area (Å²) in [6.45, 7) is 6.34. The molecule has 0 aliphatic heterocycles. The van der Waals surface area contributed by atoms with Gasteiger partial charge in [-0.3, -0.25) is 14.4 Å². The van der Waals surface area contributed by atoms with Crippen molar-refractivity contribution < 1.29 is 19.1 Å². The molecule has 8 nitrogen and oxygen atoms in total. The lowest BCUT2D eigenvalue weighted by molar-refractivity contribution is -0.114. The van der Waals surface area contributed by atoms with Crippen molar-refractivity contribution in [1.29, 1.82) is 0 Å². The second-order valence-electron chi connectivity index (χ2n) is 7.14. The highest BCUT2D eigenvalue weighted by molar-refractivity contribution is 5.97. The highest BCUT2D eigenvalue weighted by Gasteiger charge is 2.12. The Morgan fingerprint density at radius 1 is 0.938 bits per heavy atom. The Labute approximate surface area is 189 Å². The van der Waals surface area contributed by atoms with E-state index in [1.165, 1.54) is 0 Å². The molecule has 0 heterocycles. The molecule has 0 atom stereocenters. The van der Waals surface area contributed by atoms with Gasteiger partial charge in [-0.05, 0) is 62.7 Å². The average Bonchev–Trinajstić information content (AvgIpc) is 2.82. The first-order valence-corrected chi connectivity index (χ1v) is 10.8. The van der Waals surface area contributed by atoms with Crippen LogP contribution in [-0.2, 0) is 9.53 Å². The molecule has 2 rings (SSSR count). The summed E-state index contributed by atoms with van der Waals surface area (Å²) < 4.78 is 4.96. The van der Waals surface area contributed by atoms with Gasteiger partial charge in [0.2, 0.25) is 5.91 Å². The predicted octanol–water partition coefficient (Wildman–Crippen LogP) is 2.99. The number of hydrogen-bond donors (Lipinski definition) is 3. The minimum absolute atomic E-state index is 0.0304. The summed E-state index contributed by atoms with van der Waals surface area (Å²) in [7, 11) is 1.62. The highest BCUT2D eigenvalue weighted by atomic mass is 16.5. The van der Waals surface area contributed by atoms with E-state index in [4.69, 9.17) is 4.74 Å². The number of hydrogen-bond acceptors (Lipinski definition) is 5. The van der Waals surface area contributed by atoms with Crippen molar-refractivity contribution in [2.75, 3.05) is 50.5 Å². The molecule has 0 aromatic heterocycles. The molecule has 8 heteroatoms. The number of anilines is 2. The lowest BCUT2D eigenvalue weighted by atomic mass is 10.1. The maximum Gasteiger partial charge on any atom is 0.253 e. The van der Waals surface area contributed by atoms with Crippen LogP contribution < -0.4 is 16.0 Å². The summed E-state index contributed by atoms with van der Waals surface area (Å²) in [4.78, 5) is 38.6. The van der Waals surface area contributed by atoms with Crippen molar-refractivity contribution in [1.82, 2.24) is 10.2 Å². The molecule has 0 aliphatic rings. The van der Waals surface area contributed by atoms with Gasteiger partial charge in [-0.15, -0.1) is 0 Å². The maximum atomic E-state index is 12.4. The molecule has 0 spiro atoms. The Balaban J connectivity index is 1.85. The zero-order chi connectivity index (χ0) is 23.3. The van der Waals surface area contributed by atoms with E-state index in [9.17, 15) is 14.4 Å². The summed E-state index contributed by atoms with van der Waals surface area (Å²) in [6, 6.07) is 13.8. The van der Waals surface area contributed by atoms with Crippen molar-refractivity contribution >= 4 is 29.1 Å². The number of nitrogens with zero attached hydrogens (tertiary/aromatic N) is 1. The Hall–Kier alpha value is -3.39. The molecular formula is C24H32N4O4. The number of benzene rings is 2. The van der Waals surface area contributed by atoms with E-state index in [1.807, 2.05) is 13.8 Å². The van der Waals surface area contributed by atoms with E-state index in [1.54, 1.807) is 60.5 Å². The number of methoxy groups -OCH3 is 1. The quantitative estimate of drug-likeness (QED) is 0.441. The monoisotopic (exact) mass is 440 g/mol. The van der Waals surface area contributed by atoms with Crippen molar-refractivity contribution in [2.24, 2.45) is 0 Å². The van der Waals surface area contributed by atoms with Gasteiger partial charge in [-0.25, -0.2) is 0 Å². The van der Waals surface area contributed by atoms with Gasteiger partial charge in [0.1, 0.15) is 0 Å². The van der Waals surface area contributed by atoms with Gasteiger partial charge in [-0.1, -0.05) is 6.07 Å². The van der Waals surface area contributed by atoms with Gasteiger partial charge < -0.3 is 25.6 Å². The molecule has 0 unspecified atom stereocenters. The molecule has 32 heavy (non-hydrogen) atoms. The van der Waals surface area contributed by atoms with Crippen LogP contribution in [0.4, 0.5) is 11.4 Å². The highest BCUT2D eigenvalue weighted by Crippen LogP contribution is 2.13. The van der Waals surface area contributed by atoms with E-state index >= 15 is 0 Å². The van der Waals surface area contributed by atoms with Crippen molar-refractivity contribution in [3.8, 4) is 0 Å². The molecule has 3 N–H and O–H groups in total. The minimum Gasteiger partial charge on any atom is -0.385 e. The topological polar surface area (TPSA) is 99.8 Å². The summed E-state index contributed by atoms with van der Waals surface area (Å²) in [5, 5.41) is 8.65. The fourth-order valence-electron chi connectivity index (χ4n) is 3.07. The second-order valence-corrected chi connectivity index (χ2v) is 7.14. The summed E-state index contributed by atoms with van der Waals surface area (Å²) in [5.41, 5.74) is 2.38. The molecule has 0 saturated heterocycles. The Morgan fingerprint density at radius 2 is 1.66 bits per heavy atom. The van der Waals surface area contributed by atoms with Crippen LogP contribution in [0, 0.1) is 0 Å². The molecule has 0 saturated carbocycles. The number of nitrogens with one attached hydrogen (secondary N) is 3. The minimum atomic E-state index is -0.234. The second kappa shape index (κ2) is 13.1. The normalized spacial score (nSPS) is 10.3. The predicted molar refractivity (Wildman–Crippen MR) is 126 cm³/mol.